The highest BCUT2D eigenvalue weighted by Gasteiger charge is 2.30. The van der Waals surface area contributed by atoms with E-state index in [2.05, 4.69) is 10.6 Å². The minimum atomic E-state index is -4.39. The van der Waals surface area contributed by atoms with Crippen molar-refractivity contribution in [2.24, 2.45) is 0 Å². The monoisotopic (exact) mass is 322 g/mol. The van der Waals surface area contributed by atoms with Gasteiger partial charge in [-0.1, -0.05) is 12.1 Å². The molecule has 2 aromatic rings. The average Bonchev–Trinajstić information content (AvgIpc) is 2.46. The molecule has 1 atom stereocenters. The first-order valence-corrected chi connectivity index (χ1v) is 7.07. The van der Waals surface area contributed by atoms with E-state index in [1.54, 1.807) is 6.92 Å². The number of benzene rings is 2. The number of halogens is 3. The summed E-state index contributed by atoms with van der Waals surface area (Å²) in [6.07, 6.45) is -4.39. The van der Waals surface area contributed by atoms with E-state index >= 15 is 0 Å². The van der Waals surface area contributed by atoms with E-state index in [1.807, 2.05) is 31.2 Å². The molecule has 2 rings (SSSR count). The Hall–Kier alpha value is -2.50. The van der Waals surface area contributed by atoms with Crippen LogP contribution in [0.2, 0.25) is 0 Å². The van der Waals surface area contributed by atoms with E-state index in [9.17, 15) is 18.0 Å². The third kappa shape index (κ3) is 4.74. The molecule has 0 saturated heterocycles. The first-order valence-electron chi connectivity index (χ1n) is 7.07. The second-order valence-electron chi connectivity index (χ2n) is 5.30. The van der Waals surface area contributed by atoms with Crippen molar-refractivity contribution in [1.29, 1.82) is 0 Å². The minimum absolute atomic E-state index is 0.320. The number of hydrogen-bond donors (Lipinski definition) is 2. The average molecular weight is 322 g/mol. The van der Waals surface area contributed by atoms with Crippen molar-refractivity contribution >= 4 is 17.3 Å². The van der Waals surface area contributed by atoms with Crippen LogP contribution in [0.25, 0.3) is 0 Å². The molecular weight excluding hydrogens is 305 g/mol. The lowest BCUT2D eigenvalue weighted by Gasteiger charge is -2.16. The molecule has 2 N–H and O–H groups in total. The zero-order valence-corrected chi connectivity index (χ0v) is 12.7. The summed E-state index contributed by atoms with van der Waals surface area (Å²) >= 11 is 0. The van der Waals surface area contributed by atoms with Crippen molar-refractivity contribution in [3.05, 3.63) is 59.7 Å². The number of hydrogen-bond acceptors (Lipinski definition) is 2. The first-order chi connectivity index (χ1) is 10.8. The Morgan fingerprint density at radius 2 is 1.70 bits per heavy atom. The third-order valence-corrected chi connectivity index (χ3v) is 3.27. The Morgan fingerprint density at radius 1 is 1.04 bits per heavy atom. The molecule has 0 bridgehead atoms. The van der Waals surface area contributed by atoms with Crippen LogP contribution in [0.5, 0.6) is 0 Å². The second kappa shape index (κ2) is 6.73. The zero-order chi connectivity index (χ0) is 17.0. The van der Waals surface area contributed by atoms with Crippen molar-refractivity contribution in [3.8, 4) is 0 Å². The Balaban J connectivity index is 1.98. The van der Waals surface area contributed by atoms with Gasteiger partial charge in [0.1, 0.15) is 6.04 Å². The van der Waals surface area contributed by atoms with Gasteiger partial charge in [-0.2, -0.15) is 13.2 Å². The normalized spacial score (nSPS) is 12.6. The molecule has 1 unspecified atom stereocenters. The highest BCUT2D eigenvalue weighted by molar-refractivity contribution is 5.96. The number of rotatable bonds is 4. The lowest BCUT2D eigenvalue weighted by atomic mass is 10.2. The van der Waals surface area contributed by atoms with E-state index < -0.39 is 17.8 Å². The van der Waals surface area contributed by atoms with Gasteiger partial charge in [0, 0.05) is 11.4 Å². The van der Waals surface area contributed by atoms with Crippen LogP contribution in [0.4, 0.5) is 24.5 Å². The summed E-state index contributed by atoms with van der Waals surface area (Å²) < 4.78 is 37.5. The molecule has 23 heavy (non-hydrogen) atoms. The van der Waals surface area contributed by atoms with Gasteiger partial charge in [-0.05, 0) is 55.8 Å². The summed E-state index contributed by atoms with van der Waals surface area (Å²) in [4.78, 5) is 12.1. The molecule has 0 aromatic heterocycles. The Labute approximate surface area is 132 Å². The Bertz CT molecular complexity index is 681. The van der Waals surface area contributed by atoms with Crippen molar-refractivity contribution in [1.82, 2.24) is 0 Å². The smallest absolute Gasteiger partial charge is 0.374 e. The predicted octanol–water partition coefficient (Wildman–Crippen LogP) is 4.45. The van der Waals surface area contributed by atoms with Crippen molar-refractivity contribution in [2.75, 3.05) is 10.6 Å². The van der Waals surface area contributed by atoms with Crippen LogP contribution >= 0.6 is 0 Å². The van der Waals surface area contributed by atoms with Gasteiger partial charge >= 0.3 is 6.18 Å². The maximum absolute atomic E-state index is 12.5. The van der Waals surface area contributed by atoms with Crippen LogP contribution in [-0.4, -0.2) is 11.9 Å². The lowest BCUT2D eigenvalue weighted by molar-refractivity contribution is -0.137. The highest BCUT2D eigenvalue weighted by Crippen LogP contribution is 2.29. The standard InChI is InChI=1S/C17H17F3N2O/c1-11-4-3-5-15(10-11)21-12(2)16(23)22-14-8-6-13(7-9-14)17(18,19)20/h3-10,12,21H,1-2H3,(H,22,23). The molecule has 6 heteroatoms. The largest absolute Gasteiger partial charge is 0.416 e. The molecular formula is C17H17F3N2O. The zero-order valence-electron chi connectivity index (χ0n) is 12.7. The molecule has 0 aliphatic heterocycles. The van der Waals surface area contributed by atoms with Crippen molar-refractivity contribution in [3.63, 3.8) is 0 Å². The summed E-state index contributed by atoms with van der Waals surface area (Å²) in [5, 5.41) is 5.63. The van der Waals surface area contributed by atoms with Crippen molar-refractivity contribution < 1.29 is 18.0 Å². The molecule has 0 aliphatic carbocycles. The van der Waals surface area contributed by atoms with Gasteiger partial charge in [0.05, 0.1) is 5.56 Å². The van der Waals surface area contributed by atoms with Gasteiger partial charge < -0.3 is 10.6 Å². The summed E-state index contributed by atoms with van der Waals surface area (Å²) in [5.74, 6) is -0.328. The van der Waals surface area contributed by atoms with Crippen LogP contribution in [0.15, 0.2) is 48.5 Å². The van der Waals surface area contributed by atoms with E-state index in [4.69, 9.17) is 0 Å². The number of alkyl halides is 3. The molecule has 2 aromatic carbocycles. The van der Waals surface area contributed by atoms with Crippen LogP contribution in [0, 0.1) is 6.92 Å². The topological polar surface area (TPSA) is 41.1 Å². The SMILES string of the molecule is Cc1cccc(NC(C)C(=O)Nc2ccc(C(F)(F)F)cc2)c1. The molecule has 0 heterocycles. The molecule has 0 spiro atoms. The second-order valence-corrected chi connectivity index (χ2v) is 5.30. The molecule has 1 amide bonds. The fourth-order valence-corrected chi connectivity index (χ4v) is 2.04. The number of carbonyl (C=O) groups excluding carboxylic acids is 1. The van der Waals surface area contributed by atoms with Crippen molar-refractivity contribution in [2.45, 2.75) is 26.1 Å². The van der Waals surface area contributed by atoms with Crippen LogP contribution in [0.1, 0.15) is 18.1 Å². The summed E-state index contributed by atoms with van der Waals surface area (Å²) in [6, 6.07) is 11.4. The molecule has 0 saturated carbocycles. The maximum atomic E-state index is 12.5. The summed E-state index contributed by atoms with van der Waals surface area (Å²) in [5.41, 5.74) is 1.44. The number of nitrogens with one attached hydrogen (secondary N) is 2. The van der Waals surface area contributed by atoms with Gasteiger partial charge in [-0.15, -0.1) is 0 Å². The highest BCUT2D eigenvalue weighted by atomic mass is 19.4. The van der Waals surface area contributed by atoms with Crippen LogP contribution in [-0.2, 0) is 11.0 Å². The number of aryl methyl sites for hydroxylation is 1. The number of carbonyl (C=O) groups is 1. The lowest BCUT2D eigenvalue weighted by Crippen LogP contribution is -2.31. The molecule has 0 fully saturated rings. The van der Waals surface area contributed by atoms with E-state index in [1.165, 1.54) is 12.1 Å². The van der Waals surface area contributed by atoms with Gasteiger partial charge in [0.2, 0.25) is 5.91 Å². The van der Waals surface area contributed by atoms with Gasteiger partial charge in [0.15, 0.2) is 0 Å². The van der Waals surface area contributed by atoms with Gasteiger partial charge in [0.25, 0.3) is 0 Å². The first kappa shape index (κ1) is 16.9. The third-order valence-electron chi connectivity index (χ3n) is 3.27. The number of amides is 1. The molecule has 122 valence electrons. The Kier molecular flexibility index (Phi) is 4.93. The molecule has 0 radical (unpaired) electrons. The van der Waals surface area contributed by atoms with E-state index in [0.717, 1.165) is 23.4 Å². The van der Waals surface area contributed by atoms with Gasteiger partial charge in [-0.3, -0.25) is 4.79 Å². The van der Waals surface area contributed by atoms with E-state index in [-0.39, 0.29) is 5.91 Å². The maximum Gasteiger partial charge on any atom is 0.416 e. The Morgan fingerprint density at radius 3 is 2.26 bits per heavy atom. The minimum Gasteiger partial charge on any atom is -0.374 e. The quantitative estimate of drug-likeness (QED) is 0.873. The molecule has 0 aliphatic rings. The fourth-order valence-electron chi connectivity index (χ4n) is 2.04. The predicted molar refractivity (Wildman–Crippen MR) is 84.3 cm³/mol. The number of anilines is 2. The van der Waals surface area contributed by atoms with Gasteiger partial charge in [-0.25, -0.2) is 0 Å². The summed E-state index contributed by atoms with van der Waals surface area (Å²) in [7, 11) is 0. The molecule has 3 nitrogen and oxygen atoms in total. The summed E-state index contributed by atoms with van der Waals surface area (Å²) in [6.45, 7) is 3.62. The van der Waals surface area contributed by atoms with Crippen LogP contribution < -0.4 is 10.6 Å². The van der Waals surface area contributed by atoms with Crippen LogP contribution in [0.3, 0.4) is 0 Å². The fraction of sp³-hybridized carbons (Fsp3) is 0.235. The van der Waals surface area contributed by atoms with E-state index in [0.29, 0.717) is 5.69 Å².